The Morgan fingerprint density at radius 3 is 2.24 bits per heavy atom. The molecule has 0 spiro atoms. The monoisotopic (exact) mass is 595 g/mol. The quantitative estimate of drug-likeness (QED) is 0.286. The van der Waals surface area contributed by atoms with Crippen LogP contribution in [0, 0.1) is 5.92 Å². The first kappa shape index (κ1) is 33.8. The summed E-state index contributed by atoms with van der Waals surface area (Å²) >= 11 is 0. The SMILES string of the molecule is COc1ccc(CS(=O)(=O)[C@H]2CN[C@H](C(=O)N[C@@H](C(C)C)[C@@H](O)C(F)(F)C(=O)NCC(F)(F)F)C2)cc1.Cl. The lowest BCUT2D eigenvalue weighted by atomic mass is 9.93. The number of carbonyl (C=O) groups is 2. The average Bonchev–Trinajstić information content (AvgIpc) is 3.31. The minimum Gasteiger partial charge on any atom is -0.497 e. The van der Waals surface area contributed by atoms with Gasteiger partial charge in [-0.15, -0.1) is 12.4 Å². The van der Waals surface area contributed by atoms with Gasteiger partial charge in [0.05, 0.1) is 30.2 Å². The number of benzene rings is 1. The second-order valence-electron chi connectivity index (χ2n) is 9.12. The maximum Gasteiger partial charge on any atom is 0.405 e. The van der Waals surface area contributed by atoms with Crippen LogP contribution in [0.5, 0.6) is 5.75 Å². The number of nitrogens with one attached hydrogen (secondary N) is 3. The number of carbonyl (C=O) groups excluding carboxylic acids is 2. The summed E-state index contributed by atoms with van der Waals surface area (Å²) in [5, 5.41) is 15.1. The van der Waals surface area contributed by atoms with Gasteiger partial charge in [-0.25, -0.2) is 8.42 Å². The Morgan fingerprint density at radius 2 is 1.74 bits per heavy atom. The van der Waals surface area contributed by atoms with Gasteiger partial charge in [0.25, 0.3) is 5.91 Å². The minimum absolute atomic E-state index is 0. The molecule has 2 amide bonds. The molecule has 4 N–H and O–H groups in total. The Kier molecular flexibility index (Phi) is 11.8. The number of aliphatic hydroxyl groups is 1. The first-order chi connectivity index (χ1) is 17.0. The van der Waals surface area contributed by atoms with Crippen molar-refractivity contribution in [2.75, 3.05) is 20.2 Å². The Bertz CT molecular complexity index is 1060. The van der Waals surface area contributed by atoms with E-state index in [1.807, 2.05) is 0 Å². The van der Waals surface area contributed by atoms with Crippen LogP contribution in [0.3, 0.4) is 0 Å². The van der Waals surface area contributed by atoms with Crippen molar-refractivity contribution in [2.45, 2.75) is 61.6 Å². The van der Waals surface area contributed by atoms with Crippen LogP contribution >= 0.6 is 12.4 Å². The van der Waals surface area contributed by atoms with Crippen LogP contribution in [0.1, 0.15) is 25.8 Å². The van der Waals surface area contributed by atoms with E-state index >= 15 is 0 Å². The fourth-order valence-corrected chi connectivity index (χ4v) is 5.51. The Hall–Kier alpha value is -2.23. The highest BCUT2D eigenvalue weighted by molar-refractivity contribution is 7.91. The van der Waals surface area contributed by atoms with Crippen LogP contribution in [-0.2, 0) is 25.2 Å². The van der Waals surface area contributed by atoms with Gasteiger partial charge in [0.15, 0.2) is 9.84 Å². The van der Waals surface area contributed by atoms with Gasteiger partial charge in [0.2, 0.25) is 5.91 Å². The zero-order valence-corrected chi connectivity index (χ0v) is 22.4. The van der Waals surface area contributed by atoms with Gasteiger partial charge in [-0.05, 0) is 30.0 Å². The van der Waals surface area contributed by atoms with E-state index in [-0.39, 0.29) is 31.1 Å². The third-order valence-corrected chi connectivity index (χ3v) is 8.04. The third kappa shape index (κ3) is 8.92. The molecule has 218 valence electrons. The first-order valence-corrected chi connectivity index (χ1v) is 13.0. The fraction of sp³-hybridized carbons (Fsp3) is 0.636. The van der Waals surface area contributed by atoms with E-state index in [1.54, 1.807) is 24.3 Å². The molecule has 0 radical (unpaired) electrons. The summed E-state index contributed by atoms with van der Waals surface area (Å²) in [6.07, 6.45) is -7.96. The van der Waals surface area contributed by atoms with Gasteiger partial charge < -0.3 is 25.8 Å². The summed E-state index contributed by atoms with van der Waals surface area (Å²) in [5.74, 6) is -8.51. The van der Waals surface area contributed by atoms with Gasteiger partial charge in [-0.3, -0.25) is 9.59 Å². The summed E-state index contributed by atoms with van der Waals surface area (Å²) in [4.78, 5) is 24.4. The zero-order chi connectivity index (χ0) is 28.2. The Balaban J connectivity index is 0.00000722. The molecule has 1 aromatic carbocycles. The number of rotatable bonds is 11. The van der Waals surface area contributed by atoms with Crippen LogP contribution in [-0.4, -0.2) is 81.1 Å². The summed E-state index contributed by atoms with van der Waals surface area (Å²) in [5.41, 5.74) is 0.503. The second-order valence-corrected chi connectivity index (χ2v) is 11.4. The number of methoxy groups -OCH3 is 1. The van der Waals surface area contributed by atoms with Crippen LogP contribution in [0.25, 0.3) is 0 Å². The molecule has 0 bridgehead atoms. The number of hydrogen-bond acceptors (Lipinski definition) is 7. The predicted octanol–water partition coefficient (Wildman–Crippen LogP) is 1.58. The van der Waals surface area contributed by atoms with Gasteiger partial charge in [0, 0.05) is 6.54 Å². The summed E-state index contributed by atoms with van der Waals surface area (Å²) in [6.45, 7) is 0.594. The molecule has 9 nitrogen and oxygen atoms in total. The van der Waals surface area contributed by atoms with Crippen molar-refractivity contribution in [1.82, 2.24) is 16.0 Å². The summed E-state index contributed by atoms with van der Waals surface area (Å²) in [7, 11) is -2.24. The van der Waals surface area contributed by atoms with E-state index in [0.717, 1.165) is 5.32 Å². The molecule has 0 aliphatic carbocycles. The van der Waals surface area contributed by atoms with Gasteiger partial charge >= 0.3 is 12.1 Å². The van der Waals surface area contributed by atoms with E-state index in [4.69, 9.17) is 4.74 Å². The smallest absolute Gasteiger partial charge is 0.405 e. The van der Waals surface area contributed by atoms with Crippen molar-refractivity contribution in [2.24, 2.45) is 5.92 Å². The van der Waals surface area contributed by atoms with E-state index < -0.39 is 69.7 Å². The molecule has 0 aromatic heterocycles. The number of hydrogen-bond donors (Lipinski definition) is 4. The van der Waals surface area contributed by atoms with Crippen molar-refractivity contribution in [1.29, 1.82) is 0 Å². The van der Waals surface area contributed by atoms with Crippen molar-refractivity contribution in [3.05, 3.63) is 29.8 Å². The largest absolute Gasteiger partial charge is 0.497 e. The van der Waals surface area contributed by atoms with Crippen LogP contribution in [0.4, 0.5) is 22.0 Å². The standard InChI is InChI=1S/C22H30F5N3O6S.ClH/c1-12(2)17(18(31)22(26,27)20(33)29-11-21(23,24)25)30-19(32)16-8-15(9-28-16)37(34,35)10-13-4-6-14(36-3)7-5-13;/h4-7,12,15-18,28,31H,8-11H2,1-3H3,(H,29,33)(H,30,32);1H/t15-,16+,17+,18-;/m1./s1. The molecule has 1 fully saturated rings. The predicted molar refractivity (Wildman–Crippen MR) is 130 cm³/mol. The van der Waals surface area contributed by atoms with Crippen molar-refractivity contribution >= 4 is 34.1 Å². The number of sulfone groups is 1. The molecule has 1 aliphatic heterocycles. The Morgan fingerprint density at radius 1 is 1.16 bits per heavy atom. The number of ether oxygens (including phenoxy) is 1. The zero-order valence-electron chi connectivity index (χ0n) is 20.7. The molecule has 1 saturated heterocycles. The van der Waals surface area contributed by atoms with Crippen LogP contribution in [0.2, 0.25) is 0 Å². The molecule has 1 aromatic rings. The molecular weight excluding hydrogens is 565 g/mol. The lowest BCUT2D eigenvalue weighted by molar-refractivity contribution is -0.174. The molecule has 1 heterocycles. The molecule has 1 aliphatic rings. The summed E-state index contributed by atoms with van der Waals surface area (Å²) < 4.78 is 96.3. The van der Waals surface area contributed by atoms with Crippen molar-refractivity contribution in [3.63, 3.8) is 0 Å². The highest BCUT2D eigenvalue weighted by atomic mass is 35.5. The second kappa shape index (κ2) is 13.2. The highest BCUT2D eigenvalue weighted by Crippen LogP contribution is 2.26. The molecule has 38 heavy (non-hydrogen) atoms. The maximum absolute atomic E-state index is 14.4. The van der Waals surface area contributed by atoms with E-state index in [0.29, 0.717) is 11.3 Å². The average molecular weight is 596 g/mol. The van der Waals surface area contributed by atoms with Crippen molar-refractivity contribution < 1.29 is 49.8 Å². The molecule has 16 heteroatoms. The summed E-state index contributed by atoms with van der Waals surface area (Å²) in [6, 6.07) is 3.55. The number of halogens is 6. The molecule has 4 atom stereocenters. The van der Waals surface area contributed by atoms with Gasteiger partial charge in [-0.1, -0.05) is 26.0 Å². The van der Waals surface area contributed by atoms with Gasteiger partial charge in [-0.2, -0.15) is 22.0 Å². The van der Waals surface area contributed by atoms with E-state index in [2.05, 4.69) is 10.6 Å². The number of alkyl halides is 5. The lowest BCUT2D eigenvalue weighted by Gasteiger charge is -2.32. The third-order valence-electron chi connectivity index (χ3n) is 5.93. The fourth-order valence-electron chi connectivity index (χ4n) is 3.78. The lowest BCUT2D eigenvalue weighted by Crippen LogP contribution is -2.61. The highest BCUT2D eigenvalue weighted by Gasteiger charge is 2.52. The normalized spacial score (nSPS) is 19.8. The van der Waals surface area contributed by atoms with Crippen LogP contribution in [0.15, 0.2) is 24.3 Å². The minimum atomic E-state index is -4.94. The number of aliphatic hydroxyl groups excluding tert-OH is 1. The molecule has 0 unspecified atom stereocenters. The topological polar surface area (TPSA) is 134 Å². The van der Waals surface area contributed by atoms with E-state index in [1.165, 1.54) is 21.0 Å². The van der Waals surface area contributed by atoms with Gasteiger partial charge in [0.1, 0.15) is 18.4 Å². The molecule has 2 rings (SSSR count). The molecular formula is C22H31ClF5N3O6S. The van der Waals surface area contributed by atoms with Crippen molar-refractivity contribution in [3.8, 4) is 5.75 Å². The Labute approximate surface area is 223 Å². The first-order valence-electron chi connectivity index (χ1n) is 11.3. The van der Waals surface area contributed by atoms with E-state index in [9.17, 15) is 45.1 Å². The molecule has 0 saturated carbocycles. The number of amides is 2. The maximum atomic E-state index is 14.4. The van der Waals surface area contributed by atoms with Crippen LogP contribution < -0.4 is 20.7 Å².